The van der Waals surface area contributed by atoms with E-state index in [4.69, 9.17) is 0 Å². The minimum Gasteiger partial charge on any atom is -0.480 e. The number of rotatable bonds is 9. The van der Waals surface area contributed by atoms with E-state index in [9.17, 15) is 9.90 Å². The van der Waals surface area contributed by atoms with Crippen LogP contribution in [0.25, 0.3) is 0 Å². The number of nitrogens with one attached hydrogen (secondary N) is 1. The van der Waals surface area contributed by atoms with Crippen LogP contribution in [0.1, 0.15) is 53.9 Å². The van der Waals surface area contributed by atoms with Crippen molar-refractivity contribution in [2.75, 3.05) is 13.1 Å². The minimum absolute atomic E-state index is 0.178. The first-order chi connectivity index (χ1) is 8.74. The first kappa shape index (κ1) is 16.4. The van der Waals surface area contributed by atoms with Crippen LogP contribution < -0.4 is 5.32 Å². The number of carbonyl (C=O) groups is 1. The molecule has 1 atom stereocenters. The van der Waals surface area contributed by atoms with E-state index in [1.807, 2.05) is 13.8 Å². The zero-order valence-electron chi connectivity index (χ0n) is 13.1. The first-order valence-corrected chi connectivity index (χ1v) is 7.49. The molecule has 0 saturated heterocycles. The molecule has 0 radical (unpaired) electrons. The fourth-order valence-electron chi connectivity index (χ4n) is 2.44. The lowest BCUT2D eigenvalue weighted by Gasteiger charge is -2.33. The molecule has 4 heteroatoms. The third-order valence-electron chi connectivity index (χ3n) is 3.90. The van der Waals surface area contributed by atoms with Gasteiger partial charge in [-0.1, -0.05) is 0 Å². The fraction of sp³-hybridized carbons (Fsp3) is 0.933. The van der Waals surface area contributed by atoms with E-state index in [1.54, 1.807) is 6.92 Å². The Morgan fingerprint density at radius 3 is 2.32 bits per heavy atom. The van der Waals surface area contributed by atoms with Gasteiger partial charge < -0.3 is 10.0 Å². The molecule has 1 aliphatic carbocycles. The molecule has 0 aliphatic heterocycles. The molecule has 4 nitrogen and oxygen atoms in total. The normalized spacial score (nSPS) is 19.2. The standard InChI is InChI=1S/C15H30N2O2/c1-11(2)16-15(5,14(18)19)8-9-17(12(3)4)10-13-6-7-13/h11-13,16H,6-10H2,1-5H3,(H,18,19). The zero-order valence-corrected chi connectivity index (χ0v) is 13.1. The van der Waals surface area contributed by atoms with Crippen LogP contribution in [0.15, 0.2) is 0 Å². The maximum atomic E-state index is 11.5. The summed E-state index contributed by atoms with van der Waals surface area (Å²) in [6.07, 6.45) is 3.32. The first-order valence-electron chi connectivity index (χ1n) is 7.49. The lowest BCUT2D eigenvalue weighted by atomic mass is 9.96. The summed E-state index contributed by atoms with van der Waals surface area (Å²) in [4.78, 5) is 13.9. The van der Waals surface area contributed by atoms with Gasteiger partial charge in [0, 0.05) is 25.2 Å². The van der Waals surface area contributed by atoms with E-state index < -0.39 is 11.5 Å². The minimum atomic E-state index is -0.829. The smallest absolute Gasteiger partial charge is 0.323 e. The van der Waals surface area contributed by atoms with Crippen LogP contribution in [0.5, 0.6) is 0 Å². The van der Waals surface area contributed by atoms with Crippen LogP contribution in [0.2, 0.25) is 0 Å². The van der Waals surface area contributed by atoms with Gasteiger partial charge in [-0.3, -0.25) is 10.1 Å². The third kappa shape index (κ3) is 5.49. The highest BCUT2D eigenvalue weighted by Crippen LogP contribution is 2.30. The van der Waals surface area contributed by atoms with Gasteiger partial charge in [0.15, 0.2) is 0 Å². The maximum Gasteiger partial charge on any atom is 0.323 e. The average Bonchev–Trinajstić information content (AvgIpc) is 3.06. The van der Waals surface area contributed by atoms with Gasteiger partial charge in [0.2, 0.25) is 0 Å². The number of carboxylic acid groups (broad SMARTS) is 1. The second-order valence-electron chi connectivity index (χ2n) is 6.72. The molecule has 0 aromatic heterocycles. The van der Waals surface area contributed by atoms with E-state index in [0.29, 0.717) is 12.5 Å². The lowest BCUT2D eigenvalue weighted by Crippen LogP contribution is -2.54. The van der Waals surface area contributed by atoms with Gasteiger partial charge in [-0.25, -0.2) is 0 Å². The largest absolute Gasteiger partial charge is 0.480 e. The Hall–Kier alpha value is -0.610. The highest BCUT2D eigenvalue weighted by molar-refractivity contribution is 5.78. The number of aliphatic carboxylic acids is 1. The van der Waals surface area contributed by atoms with Gasteiger partial charge in [0.1, 0.15) is 5.54 Å². The Kier molecular flexibility index (Phi) is 5.81. The summed E-state index contributed by atoms with van der Waals surface area (Å²) < 4.78 is 0. The highest BCUT2D eigenvalue weighted by atomic mass is 16.4. The maximum absolute atomic E-state index is 11.5. The summed E-state index contributed by atoms with van der Waals surface area (Å²) in [7, 11) is 0. The molecule has 1 unspecified atom stereocenters. The second-order valence-corrected chi connectivity index (χ2v) is 6.72. The van der Waals surface area contributed by atoms with Gasteiger partial charge >= 0.3 is 5.97 Å². The van der Waals surface area contributed by atoms with Gasteiger partial charge in [-0.15, -0.1) is 0 Å². The van der Waals surface area contributed by atoms with Crippen molar-refractivity contribution in [1.82, 2.24) is 10.2 Å². The summed E-state index contributed by atoms with van der Waals surface area (Å²) in [5, 5.41) is 12.6. The van der Waals surface area contributed by atoms with Gasteiger partial charge in [0.05, 0.1) is 0 Å². The van der Waals surface area contributed by atoms with E-state index in [1.165, 1.54) is 12.8 Å². The molecule has 0 heterocycles. The summed E-state index contributed by atoms with van der Waals surface area (Å²) in [6, 6.07) is 0.662. The summed E-state index contributed by atoms with van der Waals surface area (Å²) in [6.45, 7) is 12.1. The molecular formula is C15H30N2O2. The molecule has 1 aliphatic rings. The molecular weight excluding hydrogens is 240 g/mol. The molecule has 0 aromatic carbocycles. The van der Waals surface area contributed by atoms with Crippen molar-refractivity contribution < 1.29 is 9.90 Å². The Bertz CT molecular complexity index is 301. The van der Waals surface area contributed by atoms with Crippen molar-refractivity contribution in [3.63, 3.8) is 0 Å². The molecule has 0 spiro atoms. The predicted octanol–water partition coefficient (Wildman–Crippen LogP) is 2.34. The van der Waals surface area contributed by atoms with E-state index in [2.05, 4.69) is 24.1 Å². The fourth-order valence-corrected chi connectivity index (χ4v) is 2.44. The van der Waals surface area contributed by atoms with Gasteiger partial charge in [-0.2, -0.15) is 0 Å². The molecule has 0 bridgehead atoms. The lowest BCUT2D eigenvalue weighted by molar-refractivity contribution is -0.145. The average molecular weight is 270 g/mol. The van der Waals surface area contributed by atoms with Crippen molar-refractivity contribution >= 4 is 5.97 Å². The van der Waals surface area contributed by atoms with Crippen molar-refractivity contribution in [1.29, 1.82) is 0 Å². The summed E-state index contributed by atoms with van der Waals surface area (Å²) >= 11 is 0. The number of carboxylic acids is 1. The van der Waals surface area contributed by atoms with Crippen molar-refractivity contribution in [2.45, 2.75) is 71.5 Å². The second kappa shape index (κ2) is 6.71. The number of nitrogens with zero attached hydrogens (tertiary/aromatic N) is 1. The quantitative estimate of drug-likeness (QED) is 0.675. The van der Waals surface area contributed by atoms with E-state index >= 15 is 0 Å². The van der Waals surface area contributed by atoms with Gasteiger partial charge in [-0.05, 0) is 59.8 Å². The number of hydrogen-bond acceptors (Lipinski definition) is 3. The SMILES string of the molecule is CC(C)NC(C)(CCN(CC1CC1)C(C)C)C(=O)O. The van der Waals surface area contributed by atoms with Crippen molar-refractivity contribution in [3.8, 4) is 0 Å². The summed E-state index contributed by atoms with van der Waals surface area (Å²) in [5.74, 6) is 0.0906. The number of hydrogen-bond donors (Lipinski definition) is 2. The predicted molar refractivity (Wildman–Crippen MR) is 78.4 cm³/mol. The Morgan fingerprint density at radius 2 is 1.95 bits per heavy atom. The molecule has 2 N–H and O–H groups in total. The summed E-state index contributed by atoms with van der Waals surface area (Å²) in [5.41, 5.74) is -0.829. The zero-order chi connectivity index (χ0) is 14.6. The molecule has 0 aromatic rings. The van der Waals surface area contributed by atoms with E-state index in [-0.39, 0.29) is 6.04 Å². The Labute approximate surface area is 117 Å². The molecule has 0 amide bonds. The molecule has 1 saturated carbocycles. The van der Waals surface area contributed by atoms with Crippen molar-refractivity contribution in [3.05, 3.63) is 0 Å². The molecule has 1 rings (SSSR count). The van der Waals surface area contributed by atoms with Crippen LogP contribution in [0.4, 0.5) is 0 Å². The highest BCUT2D eigenvalue weighted by Gasteiger charge is 2.34. The molecule has 19 heavy (non-hydrogen) atoms. The van der Waals surface area contributed by atoms with Crippen LogP contribution in [0.3, 0.4) is 0 Å². The van der Waals surface area contributed by atoms with Crippen molar-refractivity contribution in [2.24, 2.45) is 5.92 Å². The Morgan fingerprint density at radius 1 is 1.37 bits per heavy atom. The van der Waals surface area contributed by atoms with Crippen LogP contribution in [-0.2, 0) is 4.79 Å². The van der Waals surface area contributed by atoms with Crippen LogP contribution in [0, 0.1) is 5.92 Å². The van der Waals surface area contributed by atoms with Crippen LogP contribution >= 0.6 is 0 Å². The third-order valence-corrected chi connectivity index (χ3v) is 3.90. The monoisotopic (exact) mass is 270 g/mol. The Balaban J connectivity index is 2.54. The molecule has 112 valence electrons. The van der Waals surface area contributed by atoms with Gasteiger partial charge in [0.25, 0.3) is 0 Å². The topological polar surface area (TPSA) is 52.6 Å². The van der Waals surface area contributed by atoms with Crippen LogP contribution in [-0.4, -0.2) is 46.7 Å². The van der Waals surface area contributed by atoms with E-state index in [0.717, 1.165) is 19.0 Å². The molecule has 1 fully saturated rings.